The van der Waals surface area contributed by atoms with Gasteiger partial charge in [-0.3, -0.25) is 4.57 Å². The van der Waals surface area contributed by atoms with Crippen LogP contribution >= 0.6 is 0 Å². The second kappa shape index (κ2) is 11.9. The Balaban J connectivity index is 1.09. The molecule has 0 aliphatic rings. The molecular formula is C51H33N5. The Labute approximate surface area is 322 Å². The molecule has 56 heavy (non-hydrogen) atoms. The molecule has 12 rings (SSSR count). The molecule has 0 saturated carbocycles. The van der Waals surface area contributed by atoms with Gasteiger partial charge in [-0.1, -0.05) is 84.9 Å². The molecule has 0 aliphatic carbocycles. The molecule has 0 unspecified atom stereocenters. The Kier molecular flexibility index (Phi) is 6.56. The summed E-state index contributed by atoms with van der Waals surface area (Å²) in [5.74, 6) is 0.924. The van der Waals surface area contributed by atoms with Gasteiger partial charge in [-0.2, -0.15) is 0 Å². The Bertz CT molecular complexity index is 3440. The average molecular weight is 716 g/mol. The molecule has 0 aliphatic heterocycles. The van der Waals surface area contributed by atoms with Crippen LogP contribution in [0.15, 0.2) is 200 Å². The minimum absolute atomic E-state index is 0.924. The molecule has 0 atom stereocenters. The molecule has 0 spiro atoms. The van der Waals surface area contributed by atoms with Gasteiger partial charge in [0.1, 0.15) is 5.82 Å². The Morgan fingerprint density at radius 2 is 0.839 bits per heavy atom. The van der Waals surface area contributed by atoms with Crippen LogP contribution in [0.4, 0.5) is 0 Å². The van der Waals surface area contributed by atoms with Crippen molar-refractivity contribution in [2.75, 3.05) is 0 Å². The third-order valence-corrected chi connectivity index (χ3v) is 11.4. The summed E-state index contributed by atoms with van der Waals surface area (Å²) in [7, 11) is 0. The first-order chi connectivity index (χ1) is 27.8. The number of fused-ring (bicyclic) bond motifs is 8. The number of hydrogen-bond donors (Lipinski definition) is 0. The summed E-state index contributed by atoms with van der Waals surface area (Å²) in [5.41, 5.74) is 13.5. The third-order valence-electron chi connectivity index (χ3n) is 11.4. The lowest BCUT2D eigenvalue weighted by atomic mass is 10.1. The summed E-state index contributed by atoms with van der Waals surface area (Å²) in [5, 5.41) is 6.17. The van der Waals surface area contributed by atoms with E-state index in [-0.39, 0.29) is 0 Å². The van der Waals surface area contributed by atoms with E-state index in [4.69, 9.17) is 4.98 Å². The van der Waals surface area contributed by atoms with E-state index in [1.807, 2.05) is 0 Å². The highest BCUT2D eigenvalue weighted by Crippen LogP contribution is 2.41. The lowest BCUT2D eigenvalue weighted by molar-refractivity contribution is 1.10. The maximum Gasteiger partial charge on any atom is 0.145 e. The second-order valence-corrected chi connectivity index (χ2v) is 14.5. The van der Waals surface area contributed by atoms with Crippen molar-refractivity contribution in [1.82, 2.24) is 23.3 Å². The van der Waals surface area contributed by atoms with Crippen LogP contribution in [0.3, 0.4) is 0 Å². The molecule has 12 aromatic rings. The van der Waals surface area contributed by atoms with Crippen LogP contribution in [-0.4, -0.2) is 23.3 Å². The highest BCUT2D eigenvalue weighted by Gasteiger charge is 2.21. The zero-order valence-electron chi connectivity index (χ0n) is 30.3. The van der Waals surface area contributed by atoms with E-state index in [0.29, 0.717) is 0 Å². The molecule has 4 heterocycles. The highest BCUT2D eigenvalue weighted by molar-refractivity contribution is 6.20. The first kappa shape index (κ1) is 30.8. The van der Waals surface area contributed by atoms with Crippen molar-refractivity contribution < 1.29 is 0 Å². The van der Waals surface area contributed by atoms with Crippen molar-refractivity contribution in [2.24, 2.45) is 0 Å². The van der Waals surface area contributed by atoms with E-state index in [0.717, 1.165) is 45.2 Å². The molecular weight excluding hydrogens is 683 g/mol. The van der Waals surface area contributed by atoms with E-state index in [1.54, 1.807) is 0 Å². The third kappa shape index (κ3) is 4.52. The Morgan fingerprint density at radius 3 is 1.55 bits per heavy atom. The van der Waals surface area contributed by atoms with Crippen molar-refractivity contribution in [3.8, 4) is 34.1 Å². The summed E-state index contributed by atoms with van der Waals surface area (Å²) < 4.78 is 9.40. The first-order valence-corrected chi connectivity index (χ1v) is 19.1. The van der Waals surface area contributed by atoms with Crippen LogP contribution < -0.4 is 0 Å². The number of rotatable bonds is 5. The van der Waals surface area contributed by atoms with Gasteiger partial charge in [0.2, 0.25) is 0 Å². The van der Waals surface area contributed by atoms with Crippen molar-refractivity contribution in [3.05, 3.63) is 200 Å². The molecule has 262 valence electrons. The lowest BCUT2D eigenvalue weighted by Crippen LogP contribution is -1.98. The summed E-state index contributed by atoms with van der Waals surface area (Å²) in [6.45, 7) is 0. The summed E-state index contributed by atoms with van der Waals surface area (Å²) in [6, 6.07) is 69.7. The topological polar surface area (TPSA) is 32.6 Å². The quantitative estimate of drug-likeness (QED) is 0.175. The van der Waals surface area contributed by atoms with Crippen LogP contribution in [0.25, 0.3) is 99.7 Å². The number of benzene rings is 8. The van der Waals surface area contributed by atoms with Gasteiger partial charge in [0.15, 0.2) is 0 Å². The maximum absolute atomic E-state index is 5.14. The van der Waals surface area contributed by atoms with Crippen LogP contribution in [-0.2, 0) is 0 Å². The zero-order chi connectivity index (χ0) is 36.7. The largest absolute Gasteiger partial charge is 0.316 e. The van der Waals surface area contributed by atoms with Crippen LogP contribution in [0.1, 0.15) is 0 Å². The van der Waals surface area contributed by atoms with E-state index in [2.05, 4.69) is 219 Å². The van der Waals surface area contributed by atoms with Gasteiger partial charge in [0, 0.05) is 61.4 Å². The van der Waals surface area contributed by atoms with Gasteiger partial charge >= 0.3 is 0 Å². The molecule has 0 bridgehead atoms. The van der Waals surface area contributed by atoms with Gasteiger partial charge in [-0.25, -0.2) is 4.98 Å². The molecule has 0 radical (unpaired) electrons. The maximum atomic E-state index is 5.14. The van der Waals surface area contributed by atoms with Crippen molar-refractivity contribution in [1.29, 1.82) is 0 Å². The summed E-state index contributed by atoms with van der Waals surface area (Å²) >= 11 is 0. The predicted molar refractivity (Wildman–Crippen MR) is 232 cm³/mol. The molecule has 5 heteroatoms. The van der Waals surface area contributed by atoms with Gasteiger partial charge in [0.25, 0.3) is 0 Å². The summed E-state index contributed by atoms with van der Waals surface area (Å²) in [6.07, 6.45) is 2.18. The van der Waals surface area contributed by atoms with Gasteiger partial charge in [0.05, 0.1) is 38.6 Å². The van der Waals surface area contributed by atoms with Crippen LogP contribution in [0.5, 0.6) is 0 Å². The molecule has 0 N–H and O–H groups in total. The fourth-order valence-electron chi connectivity index (χ4n) is 8.87. The number of imidazole rings is 1. The normalized spacial score (nSPS) is 11.9. The van der Waals surface area contributed by atoms with Crippen molar-refractivity contribution in [3.63, 3.8) is 0 Å². The molecule has 8 aromatic carbocycles. The SMILES string of the molecule is c1ccc(-n2ccc3cc4c5cc6c7ccccc7n(-c7ccc(-c8nc9ccccc9n8-c8ccccc8)cc7)c6cc5n(-c5ccccc5)c4cc32)cc1. The minimum Gasteiger partial charge on any atom is -0.316 e. The fourth-order valence-corrected chi connectivity index (χ4v) is 8.87. The number of para-hydroxylation sites is 6. The molecule has 0 fully saturated rings. The van der Waals surface area contributed by atoms with E-state index in [1.165, 1.54) is 54.5 Å². The number of hydrogen-bond acceptors (Lipinski definition) is 1. The fraction of sp³-hybridized carbons (Fsp3) is 0. The van der Waals surface area contributed by atoms with E-state index >= 15 is 0 Å². The highest BCUT2D eigenvalue weighted by atomic mass is 15.1. The van der Waals surface area contributed by atoms with Gasteiger partial charge in [-0.15, -0.1) is 0 Å². The minimum atomic E-state index is 0.924. The summed E-state index contributed by atoms with van der Waals surface area (Å²) in [4.78, 5) is 5.14. The molecule has 4 aromatic heterocycles. The smallest absolute Gasteiger partial charge is 0.145 e. The van der Waals surface area contributed by atoms with Gasteiger partial charge in [-0.05, 0) is 109 Å². The predicted octanol–water partition coefficient (Wildman–Crippen LogP) is 12.8. The first-order valence-electron chi connectivity index (χ1n) is 19.1. The van der Waals surface area contributed by atoms with Crippen LogP contribution in [0, 0.1) is 0 Å². The Hall–Kier alpha value is -7.63. The van der Waals surface area contributed by atoms with Gasteiger partial charge < -0.3 is 13.7 Å². The second-order valence-electron chi connectivity index (χ2n) is 14.5. The zero-order valence-corrected chi connectivity index (χ0v) is 30.3. The van der Waals surface area contributed by atoms with Crippen LogP contribution in [0.2, 0.25) is 0 Å². The molecule has 0 saturated heterocycles. The van der Waals surface area contributed by atoms with E-state index < -0.39 is 0 Å². The lowest BCUT2D eigenvalue weighted by Gasteiger charge is -2.12. The Morgan fingerprint density at radius 1 is 0.321 bits per heavy atom. The van der Waals surface area contributed by atoms with Crippen molar-refractivity contribution in [2.45, 2.75) is 0 Å². The van der Waals surface area contributed by atoms with E-state index in [9.17, 15) is 0 Å². The van der Waals surface area contributed by atoms with Crippen molar-refractivity contribution >= 4 is 65.5 Å². The standard InChI is InChI=1S/C51H33N5/c1-4-14-36(15-5-1)53-29-28-35-30-41-43-31-42-40-20-10-12-22-45(40)54(49(42)33-50(43)55(48(41)32-47(35)53)37-16-6-2-7-17-37)39-26-24-34(25-27-39)51-52-44-21-11-13-23-46(44)56(51)38-18-8-3-9-19-38/h1-33H. The monoisotopic (exact) mass is 715 g/mol. The molecule has 0 amide bonds. The average Bonchev–Trinajstić information content (AvgIpc) is 4.02. The molecule has 5 nitrogen and oxygen atoms in total. The number of aromatic nitrogens is 5. The number of nitrogens with zero attached hydrogens (tertiary/aromatic N) is 5.